The highest BCUT2D eigenvalue weighted by Gasteiger charge is 2.19. The molecule has 0 aliphatic heterocycles. The monoisotopic (exact) mass is 487 g/mol. The fourth-order valence-electron chi connectivity index (χ4n) is 3.34. The smallest absolute Gasteiger partial charge is 0.329 e. The predicted molar refractivity (Wildman–Crippen MR) is 122 cm³/mol. The lowest BCUT2D eigenvalue weighted by molar-refractivity contribution is -0.139. The van der Waals surface area contributed by atoms with Crippen LogP contribution in [0.4, 0.5) is 0 Å². The second-order valence-electron chi connectivity index (χ2n) is 7.33. The molecule has 164 valence electrons. The first-order valence-electron chi connectivity index (χ1n) is 10.2. The molecule has 3 rings (SSSR count). The van der Waals surface area contributed by atoms with Gasteiger partial charge in [-0.1, -0.05) is 47.3 Å². The lowest BCUT2D eigenvalue weighted by Crippen LogP contribution is -2.44. The summed E-state index contributed by atoms with van der Waals surface area (Å²) in [6, 6.07) is 13.3. The van der Waals surface area contributed by atoms with E-state index in [4.69, 9.17) is 9.47 Å². The van der Waals surface area contributed by atoms with Gasteiger partial charge in [0, 0.05) is 10.5 Å². The van der Waals surface area contributed by atoms with E-state index < -0.39 is 11.8 Å². The summed E-state index contributed by atoms with van der Waals surface area (Å²) in [7, 11) is 1.56. The first-order chi connectivity index (χ1) is 15.0. The Morgan fingerprint density at radius 2 is 1.81 bits per heavy atom. The van der Waals surface area contributed by atoms with Crippen LogP contribution >= 0.6 is 15.9 Å². The fourth-order valence-corrected chi connectivity index (χ4v) is 3.60. The molecule has 1 aliphatic carbocycles. The van der Waals surface area contributed by atoms with Crippen molar-refractivity contribution in [2.45, 2.75) is 44.8 Å². The zero-order chi connectivity index (χ0) is 22.1. The minimum Gasteiger partial charge on any atom is -0.493 e. The second-order valence-corrected chi connectivity index (χ2v) is 8.25. The molecule has 2 N–H and O–H groups in total. The minimum atomic E-state index is -0.775. The minimum absolute atomic E-state index is 0.0743. The number of rotatable bonds is 7. The van der Waals surface area contributed by atoms with Gasteiger partial charge in [-0.2, -0.15) is 5.10 Å². The Labute approximate surface area is 190 Å². The van der Waals surface area contributed by atoms with Crippen LogP contribution in [0.5, 0.6) is 11.5 Å². The molecule has 0 saturated heterocycles. The molecule has 1 aliphatic rings. The number of benzene rings is 2. The van der Waals surface area contributed by atoms with E-state index in [0.29, 0.717) is 23.7 Å². The van der Waals surface area contributed by atoms with Gasteiger partial charge in [-0.15, -0.1) is 0 Å². The molecule has 2 aromatic rings. The summed E-state index contributed by atoms with van der Waals surface area (Å²) in [4.78, 5) is 23.9. The zero-order valence-corrected chi connectivity index (χ0v) is 19.0. The van der Waals surface area contributed by atoms with Crippen molar-refractivity contribution in [3.8, 4) is 11.5 Å². The number of amides is 2. The lowest BCUT2D eigenvalue weighted by Gasteiger charge is -2.22. The number of hydrogen-bond donors (Lipinski definition) is 2. The van der Waals surface area contributed by atoms with Gasteiger partial charge < -0.3 is 14.8 Å². The molecular weight excluding hydrogens is 462 g/mol. The van der Waals surface area contributed by atoms with Crippen LogP contribution in [0.15, 0.2) is 52.0 Å². The number of ether oxygens (including phenoxy) is 2. The molecule has 1 saturated carbocycles. The highest BCUT2D eigenvalue weighted by molar-refractivity contribution is 9.10. The third-order valence-corrected chi connectivity index (χ3v) is 5.55. The quantitative estimate of drug-likeness (QED) is 0.351. The number of hydrogen-bond acceptors (Lipinski definition) is 5. The third-order valence-electron chi connectivity index (χ3n) is 5.02. The first kappa shape index (κ1) is 22.8. The van der Waals surface area contributed by atoms with E-state index in [1.165, 1.54) is 12.6 Å². The van der Waals surface area contributed by atoms with Gasteiger partial charge in [0.05, 0.1) is 13.3 Å². The van der Waals surface area contributed by atoms with E-state index in [1.807, 2.05) is 24.3 Å². The normalized spacial score (nSPS) is 14.3. The van der Waals surface area contributed by atoms with Gasteiger partial charge in [0.15, 0.2) is 11.5 Å². The van der Waals surface area contributed by atoms with Crippen LogP contribution in [0.2, 0.25) is 0 Å². The van der Waals surface area contributed by atoms with Crippen molar-refractivity contribution in [2.75, 3.05) is 7.11 Å². The van der Waals surface area contributed by atoms with Crippen LogP contribution < -0.4 is 20.2 Å². The van der Waals surface area contributed by atoms with Gasteiger partial charge in [0.25, 0.3) is 0 Å². The first-order valence-corrected chi connectivity index (χ1v) is 11.0. The zero-order valence-electron chi connectivity index (χ0n) is 17.4. The maximum Gasteiger partial charge on any atom is 0.329 e. The molecule has 8 heteroatoms. The van der Waals surface area contributed by atoms with Gasteiger partial charge in [-0.25, -0.2) is 5.43 Å². The topological polar surface area (TPSA) is 89.0 Å². The molecule has 0 bridgehead atoms. The van der Waals surface area contributed by atoms with Crippen molar-refractivity contribution >= 4 is 34.0 Å². The summed E-state index contributed by atoms with van der Waals surface area (Å²) in [5.74, 6) is -0.289. The van der Waals surface area contributed by atoms with E-state index in [-0.39, 0.29) is 6.04 Å². The molecule has 0 spiro atoms. The molecule has 1 fully saturated rings. The van der Waals surface area contributed by atoms with Crippen molar-refractivity contribution in [1.82, 2.24) is 10.7 Å². The maximum atomic E-state index is 12.0. The number of hydrazone groups is 1. The molecule has 7 nitrogen and oxygen atoms in total. The number of carbonyl (C=O) groups is 2. The molecule has 0 radical (unpaired) electrons. The van der Waals surface area contributed by atoms with E-state index in [1.54, 1.807) is 25.3 Å². The number of methoxy groups -OCH3 is 1. The Bertz CT molecular complexity index is 925. The average Bonchev–Trinajstić information content (AvgIpc) is 2.79. The van der Waals surface area contributed by atoms with Crippen molar-refractivity contribution in [3.05, 3.63) is 58.1 Å². The van der Waals surface area contributed by atoms with Gasteiger partial charge in [-0.3, -0.25) is 9.59 Å². The van der Waals surface area contributed by atoms with E-state index in [2.05, 4.69) is 31.8 Å². The molecular formula is C23H26BrN3O4. The average molecular weight is 488 g/mol. The molecule has 2 amide bonds. The Kier molecular flexibility index (Phi) is 8.46. The van der Waals surface area contributed by atoms with Crippen LogP contribution in [0.1, 0.15) is 43.2 Å². The Hall–Kier alpha value is -2.87. The largest absolute Gasteiger partial charge is 0.493 e. The van der Waals surface area contributed by atoms with Crippen molar-refractivity contribution in [2.24, 2.45) is 5.10 Å². The van der Waals surface area contributed by atoms with Crippen LogP contribution in [0.25, 0.3) is 0 Å². The summed E-state index contributed by atoms with van der Waals surface area (Å²) in [5, 5.41) is 6.64. The molecule has 0 unspecified atom stereocenters. The van der Waals surface area contributed by atoms with Crippen molar-refractivity contribution in [3.63, 3.8) is 0 Å². The molecule has 0 atom stereocenters. The van der Waals surface area contributed by atoms with Crippen LogP contribution in [0.3, 0.4) is 0 Å². The van der Waals surface area contributed by atoms with Crippen LogP contribution in [0, 0.1) is 0 Å². The summed E-state index contributed by atoms with van der Waals surface area (Å²) in [6.07, 6.45) is 6.62. The summed E-state index contributed by atoms with van der Waals surface area (Å²) in [6.45, 7) is 0.406. The van der Waals surface area contributed by atoms with Gasteiger partial charge in [-0.05, 0) is 54.3 Å². The Balaban J connectivity index is 1.52. The van der Waals surface area contributed by atoms with Gasteiger partial charge in [0.2, 0.25) is 0 Å². The Morgan fingerprint density at radius 1 is 1.06 bits per heavy atom. The van der Waals surface area contributed by atoms with Crippen LogP contribution in [-0.4, -0.2) is 31.2 Å². The summed E-state index contributed by atoms with van der Waals surface area (Å²) < 4.78 is 12.3. The highest BCUT2D eigenvalue weighted by Crippen LogP contribution is 2.28. The lowest BCUT2D eigenvalue weighted by atomic mass is 9.95. The fraction of sp³-hybridized carbons (Fsp3) is 0.348. The molecule has 0 aromatic heterocycles. The summed E-state index contributed by atoms with van der Waals surface area (Å²) >= 11 is 3.41. The third kappa shape index (κ3) is 7.10. The predicted octanol–water partition coefficient (Wildman–Crippen LogP) is 3.94. The number of nitrogens with one attached hydrogen (secondary N) is 2. The van der Waals surface area contributed by atoms with E-state index in [0.717, 1.165) is 35.7 Å². The van der Waals surface area contributed by atoms with Crippen molar-refractivity contribution in [1.29, 1.82) is 0 Å². The Morgan fingerprint density at radius 3 is 2.52 bits per heavy atom. The van der Waals surface area contributed by atoms with E-state index in [9.17, 15) is 9.59 Å². The second kappa shape index (κ2) is 11.5. The molecule has 2 aromatic carbocycles. The highest BCUT2D eigenvalue weighted by atomic mass is 79.9. The van der Waals surface area contributed by atoms with Gasteiger partial charge in [0.1, 0.15) is 6.61 Å². The van der Waals surface area contributed by atoms with E-state index >= 15 is 0 Å². The number of carbonyl (C=O) groups excluding carboxylic acids is 2. The molecule has 31 heavy (non-hydrogen) atoms. The number of halogens is 1. The maximum absolute atomic E-state index is 12.0. The summed E-state index contributed by atoms with van der Waals surface area (Å²) in [5.41, 5.74) is 3.99. The SMILES string of the molecule is COc1cc(C=NNC(=O)C(=O)NC2CCCCC2)ccc1OCc1ccc(Br)cc1. The standard InChI is InChI=1S/C23H26BrN3O4/c1-30-21-13-17(9-12-20(21)31-15-16-7-10-18(24)11-8-16)14-25-27-23(29)22(28)26-19-5-3-2-4-6-19/h7-14,19H,2-6,15H2,1H3,(H,26,28)(H,27,29). The van der Waals surface area contributed by atoms with Crippen molar-refractivity contribution < 1.29 is 19.1 Å². The molecule has 0 heterocycles. The van der Waals surface area contributed by atoms with Crippen LogP contribution in [-0.2, 0) is 16.2 Å². The number of nitrogens with zero attached hydrogens (tertiary/aromatic N) is 1. The van der Waals surface area contributed by atoms with Gasteiger partial charge >= 0.3 is 11.8 Å².